The summed E-state index contributed by atoms with van der Waals surface area (Å²) in [5, 5.41) is 18.8. The highest BCUT2D eigenvalue weighted by Gasteiger charge is 2.21. The van der Waals surface area contributed by atoms with Crippen molar-refractivity contribution < 1.29 is 28.9 Å². The predicted octanol–water partition coefficient (Wildman–Crippen LogP) is 0.746. The maximum Gasteiger partial charge on any atom is 0.339 e. The Morgan fingerprint density at radius 3 is 2.50 bits per heavy atom. The van der Waals surface area contributed by atoms with Gasteiger partial charge >= 0.3 is 5.97 Å². The normalized spacial score (nSPS) is 12.0. The van der Waals surface area contributed by atoms with Crippen molar-refractivity contribution in [3.63, 3.8) is 0 Å². The Hall–Kier alpha value is -1.82. The highest BCUT2D eigenvalue weighted by molar-refractivity contribution is 5.76. The van der Waals surface area contributed by atoms with Crippen LogP contribution in [0.15, 0.2) is 12.1 Å². The van der Waals surface area contributed by atoms with Crippen LogP contribution in [0.2, 0.25) is 0 Å². The Balaban J connectivity index is 3.13. The lowest BCUT2D eigenvalue weighted by molar-refractivity contribution is -0.150. The molecule has 16 heavy (non-hydrogen) atoms. The second kappa shape index (κ2) is 4.80. The molecule has 1 aromatic rings. The zero-order valence-electron chi connectivity index (χ0n) is 8.73. The predicted molar refractivity (Wildman–Crippen MR) is 51.6 cm³/mol. The molecule has 0 bridgehead atoms. The van der Waals surface area contributed by atoms with E-state index in [4.69, 9.17) is 0 Å². The van der Waals surface area contributed by atoms with Gasteiger partial charge in [0, 0.05) is 0 Å². The Labute approximate surface area is 91.0 Å². The van der Waals surface area contributed by atoms with Crippen LogP contribution in [0.5, 0.6) is 11.5 Å². The van der Waals surface area contributed by atoms with Gasteiger partial charge in [-0.1, -0.05) is 0 Å². The van der Waals surface area contributed by atoms with E-state index in [2.05, 4.69) is 9.47 Å². The molecule has 1 rings (SSSR count). The summed E-state index contributed by atoms with van der Waals surface area (Å²) >= 11 is 0. The van der Waals surface area contributed by atoms with Crippen molar-refractivity contribution in [1.29, 1.82) is 0 Å². The minimum absolute atomic E-state index is 0.109. The third kappa shape index (κ3) is 2.22. The molecule has 5 nitrogen and oxygen atoms in total. The van der Waals surface area contributed by atoms with E-state index in [0.717, 1.165) is 19.2 Å². The number of ether oxygens (including phenoxy) is 2. The molecule has 0 aliphatic carbocycles. The molecule has 0 spiro atoms. The van der Waals surface area contributed by atoms with E-state index in [0.29, 0.717) is 0 Å². The van der Waals surface area contributed by atoms with Gasteiger partial charge in [-0.25, -0.2) is 9.18 Å². The average molecular weight is 230 g/mol. The van der Waals surface area contributed by atoms with E-state index < -0.39 is 23.6 Å². The van der Waals surface area contributed by atoms with Crippen LogP contribution in [-0.2, 0) is 9.53 Å². The van der Waals surface area contributed by atoms with Crippen molar-refractivity contribution in [3.05, 3.63) is 23.5 Å². The van der Waals surface area contributed by atoms with E-state index in [9.17, 15) is 19.4 Å². The van der Waals surface area contributed by atoms with Crippen molar-refractivity contribution in [2.75, 3.05) is 14.2 Å². The van der Waals surface area contributed by atoms with Gasteiger partial charge in [0.05, 0.1) is 14.2 Å². The molecule has 6 heteroatoms. The SMILES string of the molecule is COC(=O)C(O)c1cc(O)c(OC)c(F)c1. The molecule has 88 valence electrons. The van der Waals surface area contributed by atoms with Crippen LogP contribution >= 0.6 is 0 Å². The Morgan fingerprint density at radius 1 is 1.44 bits per heavy atom. The quantitative estimate of drug-likeness (QED) is 0.749. The average Bonchev–Trinajstić information content (AvgIpc) is 2.26. The second-order valence-corrected chi connectivity index (χ2v) is 2.98. The lowest BCUT2D eigenvalue weighted by Gasteiger charge is -2.11. The molecule has 0 aromatic heterocycles. The molecule has 0 radical (unpaired) electrons. The van der Waals surface area contributed by atoms with Crippen LogP contribution < -0.4 is 4.74 Å². The lowest BCUT2D eigenvalue weighted by Crippen LogP contribution is -2.13. The van der Waals surface area contributed by atoms with E-state index >= 15 is 0 Å². The summed E-state index contributed by atoms with van der Waals surface area (Å²) in [6.45, 7) is 0. The number of hydrogen-bond donors (Lipinski definition) is 2. The first-order chi connectivity index (χ1) is 7.51. The summed E-state index contributed by atoms with van der Waals surface area (Å²) in [4.78, 5) is 11.0. The molecule has 0 heterocycles. The standard InChI is InChI=1S/C10H11FO5/c1-15-9-6(11)3-5(4-7(9)12)8(13)10(14)16-2/h3-4,8,12-13H,1-2H3. The Bertz CT molecular complexity index is 381. The third-order valence-electron chi connectivity index (χ3n) is 1.99. The molecule has 1 atom stereocenters. The molecule has 0 saturated heterocycles. The summed E-state index contributed by atoms with van der Waals surface area (Å²) in [7, 11) is 2.28. The van der Waals surface area contributed by atoms with Crippen LogP contribution in [-0.4, -0.2) is 30.4 Å². The molecule has 2 N–H and O–H groups in total. The maximum absolute atomic E-state index is 13.3. The molecule has 0 aliphatic heterocycles. The number of methoxy groups -OCH3 is 2. The van der Waals surface area contributed by atoms with Gasteiger partial charge in [0.2, 0.25) is 0 Å². The van der Waals surface area contributed by atoms with E-state index in [1.54, 1.807) is 0 Å². The summed E-state index contributed by atoms with van der Waals surface area (Å²) < 4.78 is 22.1. The van der Waals surface area contributed by atoms with Crippen molar-refractivity contribution in [2.45, 2.75) is 6.10 Å². The fraction of sp³-hybridized carbons (Fsp3) is 0.300. The first-order valence-corrected chi connectivity index (χ1v) is 4.33. The number of aliphatic hydroxyl groups is 1. The minimum atomic E-state index is -1.64. The number of hydrogen-bond acceptors (Lipinski definition) is 5. The Kier molecular flexibility index (Phi) is 3.68. The number of phenols is 1. The summed E-state index contributed by atoms with van der Waals surface area (Å²) in [6, 6.07) is 1.92. The van der Waals surface area contributed by atoms with Gasteiger partial charge in [0.15, 0.2) is 23.4 Å². The van der Waals surface area contributed by atoms with Gasteiger partial charge < -0.3 is 19.7 Å². The summed E-state index contributed by atoms with van der Waals surface area (Å²) in [5.41, 5.74) is -0.109. The number of rotatable bonds is 3. The largest absolute Gasteiger partial charge is 0.504 e. The number of carbonyl (C=O) groups excluding carboxylic acids is 1. The molecule has 0 fully saturated rings. The number of carbonyl (C=O) groups is 1. The van der Waals surface area contributed by atoms with Crippen molar-refractivity contribution >= 4 is 5.97 Å². The number of aliphatic hydroxyl groups excluding tert-OH is 1. The van der Waals surface area contributed by atoms with Crippen LogP contribution in [0.4, 0.5) is 4.39 Å². The maximum atomic E-state index is 13.3. The first kappa shape index (κ1) is 12.3. The summed E-state index contributed by atoms with van der Waals surface area (Å²) in [6.07, 6.45) is -1.64. The number of esters is 1. The molecule has 0 amide bonds. The van der Waals surface area contributed by atoms with E-state index in [1.165, 1.54) is 7.11 Å². The third-order valence-corrected chi connectivity index (χ3v) is 1.99. The summed E-state index contributed by atoms with van der Waals surface area (Å²) in [5.74, 6) is -2.66. The van der Waals surface area contributed by atoms with Crippen LogP contribution in [0.25, 0.3) is 0 Å². The first-order valence-electron chi connectivity index (χ1n) is 4.33. The molecular formula is C10H11FO5. The molecular weight excluding hydrogens is 219 g/mol. The number of halogens is 1. The number of aromatic hydroxyl groups is 1. The zero-order chi connectivity index (χ0) is 12.3. The number of phenolic OH excluding ortho intramolecular Hbond substituents is 1. The van der Waals surface area contributed by atoms with Gasteiger partial charge in [-0.15, -0.1) is 0 Å². The fourth-order valence-corrected chi connectivity index (χ4v) is 1.21. The molecule has 0 aliphatic rings. The van der Waals surface area contributed by atoms with E-state index in [1.807, 2.05) is 0 Å². The topological polar surface area (TPSA) is 76.0 Å². The van der Waals surface area contributed by atoms with Gasteiger partial charge in [-0.3, -0.25) is 0 Å². The van der Waals surface area contributed by atoms with Crippen molar-refractivity contribution in [2.24, 2.45) is 0 Å². The Morgan fingerprint density at radius 2 is 2.06 bits per heavy atom. The zero-order valence-corrected chi connectivity index (χ0v) is 8.73. The van der Waals surface area contributed by atoms with Crippen molar-refractivity contribution in [3.8, 4) is 11.5 Å². The van der Waals surface area contributed by atoms with Gasteiger partial charge in [0.1, 0.15) is 0 Å². The number of benzene rings is 1. The molecule has 1 unspecified atom stereocenters. The molecule has 1 aromatic carbocycles. The van der Waals surface area contributed by atoms with Gasteiger partial charge in [-0.05, 0) is 17.7 Å². The molecule has 0 saturated carbocycles. The minimum Gasteiger partial charge on any atom is -0.504 e. The van der Waals surface area contributed by atoms with Crippen LogP contribution in [0.1, 0.15) is 11.7 Å². The fourth-order valence-electron chi connectivity index (χ4n) is 1.21. The highest BCUT2D eigenvalue weighted by atomic mass is 19.1. The van der Waals surface area contributed by atoms with Crippen molar-refractivity contribution in [1.82, 2.24) is 0 Å². The second-order valence-electron chi connectivity index (χ2n) is 2.98. The lowest BCUT2D eigenvalue weighted by atomic mass is 10.1. The van der Waals surface area contributed by atoms with E-state index in [-0.39, 0.29) is 11.3 Å². The van der Waals surface area contributed by atoms with Crippen LogP contribution in [0, 0.1) is 5.82 Å². The van der Waals surface area contributed by atoms with Gasteiger partial charge in [-0.2, -0.15) is 0 Å². The van der Waals surface area contributed by atoms with Gasteiger partial charge in [0.25, 0.3) is 0 Å². The smallest absolute Gasteiger partial charge is 0.339 e. The monoisotopic (exact) mass is 230 g/mol. The highest BCUT2D eigenvalue weighted by Crippen LogP contribution is 2.32. The van der Waals surface area contributed by atoms with Crippen LogP contribution in [0.3, 0.4) is 0 Å².